The Kier molecular flexibility index (Phi) is 1.40. The van der Waals surface area contributed by atoms with Crippen LogP contribution in [0.15, 0.2) is 4.99 Å². The Hall–Kier alpha value is -0.530. The van der Waals surface area contributed by atoms with Crippen molar-refractivity contribution < 1.29 is 4.74 Å². The Bertz CT molecular complexity index is 165. The van der Waals surface area contributed by atoms with Gasteiger partial charge >= 0.3 is 0 Å². The lowest BCUT2D eigenvalue weighted by Gasteiger charge is -2.06. The molecule has 2 aliphatic rings. The van der Waals surface area contributed by atoms with E-state index in [4.69, 9.17) is 4.74 Å². The van der Waals surface area contributed by atoms with Crippen molar-refractivity contribution in [3.8, 4) is 0 Å². The molecule has 0 spiro atoms. The fourth-order valence-electron chi connectivity index (χ4n) is 1.76. The first-order valence-electron chi connectivity index (χ1n) is 4.13. The van der Waals surface area contributed by atoms with Gasteiger partial charge < -0.3 is 4.74 Å². The third-order valence-electron chi connectivity index (χ3n) is 2.32. The van der Waals surface area contributed by atoms with Gasteiger partial charge in [-0.25, -0.2) is 4.99 Å². The molecule has 0 N–H and O–H groups in total. The van der Waals surface area contributed by atoms with Crippen molar-refractivity contribution in [2.24, 2.45) is 4.99 Å². The normalized spacial score (nSPS) is 37.1. The van der Waals surface area contributed by atoms with Crippen molar-refractivity contribution in [2.75, 3.05) is 0 Å². The highest BCUT2D eigenvalue weighted by atomic mass is 16.5. The summed E-state index contributed by atoms with van der Waals surface area (Å²) in [5, 5.41) is 0. The second-order valence-corrected chi connectivity index (χ2v) is 3.03. The van der Waals surface area contributed by atoms with Crippen LogP contribution in [0.3, 0.4) is 0 Å². The van der Waals surface area contributed by atoms with Crippen LogP contribution >= 0.6 is 0 Å². The Morgan fingerprint density at radius 3 is 3.20 bits per heavy atom. The van der Waals surface area contributed by atoms with Gasteiger partial charge in [-0.05, 0) is 19.3 Å². The van der Waals surface area contributed by atoms with Gasteiger partial charge in [0.2, 0.25) is 0 Å². The molecular formula is C8H13NO. The van der Waals surface area contributed by atoms with E-state index < -0.39 is 0 Å². The van der Waals surface area contributed by atoms with E-state index in [1.807, 2.05) is 0 Å². The SMILES string of the molecule is CCC1=N[C@@H]2CCC[C@@H]2O1. The number of fused-ring (bicyclic) bond motifs is 1. The standard InChI is InChI=1S/C8H13NO/c1-2-8-9-6-4-3-5-7(6)10-8/h6-7H,2-5H2,1H3/t6-,7+/m1/s1. The molecule has 0 radical (unpaired) electrons. The maximum Gasteiger partial charge on any atom is 0.183 e. The second kappa shape index (κ2) is 2.26. The maximum atomic E-state index is 5.58. The van der Waals surface area contributed by atoms with E-state index in [0.717, 1.165) is 12.3 Å². The van der Waals surface area contributed by atoms with Crippen LogP contribution in [0.5, 0.6) is 0 Å². The Morgan fingerprint density at radius 1 is 1.60 bits per heavy atom. The van der Waals surface area contributed by atoms with Crippen LogP contribution in [-0.4, -0.2) is 18.0 Å². The number of ether oxygens (including phenoxy) is 1. The summed E-state index contributed by atoms with van der Waals surface area (Å²) < 4.78 is 5.58. The van der Waals surface area contributed by atoms with Gasteiger partial charge in [-0.1, -0.05) is 6.92 Å². The molecule has 0 amide bonds. The van der Waals surface area contributed by atoms with Crippen molar-refractivity contribution in [1.82, 2.24) is 0 Å². The number of hydrogen-bond acceptors (Lipinski definition) is 2. The summed E-state index contributed by atoms with van der Waals surface area (Å²) in [7, 11) is 0. The van der Waals surface area contributed by atoms with Gasteiger partial charge in [0.25, 0.3) is 0 Å². The summed E-state index contributed by atoms with van der Waals surface area (Å²) in [6.45, 7) is 2.10. The van der Waals surface area contributed by atoms with Crippen molar-refractivity contribution in [3.05, 3.63) is 0 Å². The van der Waals surface area contributed by atoms with Crippen LogP contribution in [0, 0.1) is 0 Å². The van der Waals surface area contributed by atoms with Gasteiger partial charge in [0.05, 0.1) is 6.04 Å². The van der Waals surface area contributed by atoms with Gasteiger partial charge in [0.15, 0.2) is 5.90 Å². The molecule has 2 rings (SSSR count). The first-order valence-corrected chi connectivity index (χ1v) is 4.13. The fraction of sp³-hybridized carbons (Fsp3) is 0.875. The molecular weight excluding hydrogens is 126 g/mol. The molecule has 0 aromatic heterocycles. The summed E-state index contributed by atoms with van der Waals surface area (Å²) >= 11 is 0. The number of rotatable bonds is 1. The lowest BCUT2D eigenvalue weighted by atomic mass is 10.2. The molecule has 2 nitrogen and oxygen atoms in total. The summed E-state index contributed by atoms with van der Waals surface area (Å²) in [6.07, 6.45) is 5.18. The highest BCUT2D eigenvalue weighted by Gasteiger charge is 2.33. The fourth-order valence-corrected chi connectivity index (χ4v) is 1.76. The van der Waals surface area contributed by atoms with E-state index >= 15 is 0 Å². The van der Waals surface area contributed by atoms with E-state index in [1.165, 1.54) is 19.3 Å². The first kappa shape index (κ1) is 6.20. The smallest absolute Gasteiger partial charge is 0.183 e. The molecule has 1 heterocycles. The zero-order valence-electron chi connectivity index (χ0n) is 6.34. The number of aliphatic imine (C=N–C) groups is 1. The maximum absolute atomic E-state index is 5.58. The van der Waals surface area contributed by atoms with Crippen LogP contribution in [0.25, 0.3) is 0 Å². The zero-order valence-corrected chi connectivity index (χ0v) is 6.34. The molecule has 1 aliphatic carbocycles. The predicted molar refractivity (Wildman–Crippen MR) is 40.2 cm³/mol. The molecule has 1 fully saturated rings. The van der Waals surface area contributed by atoms with Crippen molar-refractivity contribution in [3.63, 3.8) is 0 Å². The highest BCUT2D eigenvalue weighted by molar-refractivity contribution is 5.77. The molecule has 0 saturated heterocycles. The van der Waals surface area contributed by atoms with Gasteiger partial charge in [-0.3, -0.25) is 0 Å². The first-order chi connectivity index (χ1) is 4.90. The average Bonchev–Trinajstić information content (AvgIpc) is 2.42. The number of hydrogen-bond donors (Lipinski definition) is 0. The topological polar surface area (TPSA) is 21.6 Å². The molecule has 0 bridgehead atoms. The molecule has 0 aromatic carbocycles. The molecule has 1 saturated carbocycles. The largest absolute Gasteiger partial charge is 0.475 e. The average molecular weight is 139 g/mol. The minimum absolute atomic E-state index is 0.454. The van der Waals surface area contributed by atoms with Gasteiger partial charge in [-0.15, -0.1) is 0 Å². The quantitative estimate of drug-likeness (QED) is 0.542. The molecule has 0 unspecified atom stereocenters. The van der Waals surface area contributed by atoms with Crippen LogP contribution < -0.4 is 0 Å². The van der Waals surface area contributed by atoms with E-state index in [-0.39, 0.29) is 0 Å². The molecule has 2 atom stereocenters. The van der Waals surface area contributed by atoms with Gasteiger partial charge in [-0.2, -0.15) is 0 Å². The van der Waals surface area contributed by atoms with Crippen LogP contribution in [0.1, 0.15) is 32.6 Å². The molecule has 10 heavy (non-hydrogen) atoms. The minimum atomic E-state index is 0.454. The van der Waals surface area contributed by atoms with Crippen molar-refractivity contribution in [2.45, 2.75) is 44.8 Å². The summed E-state index contributed by atoms with van der Waals surface area (Å²) in [5.74, 6) is 0.981. The van der Waals surface area contributed by atoms with Crippen molar-refractivity contribution in [1.29, 1.82) is 0 Å². The predicted octanol–water partition coefficient (Wildman–Crippen LogP) is 1.75. The number of nitrogens with zero attached hydrogens (tertiary/aromatic N) is 1. The molecule has 56 valence electrons. The minimum Gasteiger partial charge on any atom is -0.475 e. The Morgan fingerprint density at radius 2 is 2.50 bits per heavy atom. The Labute approximate surface area is 61.3 Å². The molecule has 2 heteroatoms. The zero-order chi connectivity index (χ0) is 6.97. The monoisotopic (exact) mass is 139 g/mol. The Balaban J connectivity index is 2.06. The van der Waals surface area contributed by atoms with E-state index in [2.05, 4.69) is 11.9 Å². The van der Waals surface area contributed by atoms with Crippen LogP contribution in [-0.2, 0) is 4.74 Å². The van der Waals surface area contributed by atoms with Gasteiger partial charge in [0.1, 0.15) is 6.10 Å². The third kappa shape index (κ3) is 0.825. The summed E-state index contributed by atoms with van der Waals surface area (Å²) in [6, 6.07) is 0.523. The van der Waals surface area contributed by atoms with E-state index in [9.17, 15) is 0 Å². The summed E-state index contributed by atoms with van der Waals surface area (Å²) in [5.41, 5.74) is 0. The van der Waals surface area contributed by atoms with E-state index in [1.54, 1.807) is 0 Å². The summed E-state index contributed by atoms with van der Waals surface area (Å²) in [4.78, 5) is 4.46. The highest BCUT2D eigenvalue weighted by Crippen LogP contribution is 2.29. The molecule has 1 aliphatic heterocycles. The lowest BCUT2D eigenvalue weighted by molar-refractivity contribution is 0.206. The van der Waals surface area contributed by atoms with Gasteiger partial charge in [0, 0.05) is 6.42 Å². The molecule has 0 aromatic rings. The van der Waals surface area contributed by atoms with Crippen LogP contribution in [0.4, 0.5) is 0 Å². The lowest BCUT2D eigenvalue weighted by Crippen LogP contribution is -2.14. The van der Waals surface area contributed by atoms with E-state index in [0.29, 0.717) is 12.1 Å². The van der Waals surface area contributed by atoms with Crippen LogP contribution in [0.2, 0.25) is 0 Å². The third-order valence-corrected chi connectivity index (χ3v) is 2.32. The van der Waals surface area contributed by atoms with Crippen molar-refractivity contribution >= 4 is 5.90 Å². The second-order valence-electron chi connectivity index (χ2n) is 3.03.